The Morgan fingerprint density at radius 2 is 1.66 bits per heavy atom. The third-order valence-electron chi connectivity index (χ3n) is 8.10. The van der Waals surface area contributed by atoms with Crippen LogP contribution >= 0.6 is 34.8 Å². The maximum atomic E-state index is 14.0. The van der Waals surface area contributed by atoms with E-state index < -0.39 is 81.2 Å². The standard InChI is InChI=1S/C37H46Cl3F3N6O7/c1-20(2)27(29(50)44-21(3)30(51)49-17-9-10-25(48-49)31(52)55-19-36(38,39)40)46-32(53)35(7,8)16-15-22-11-12-23-13-14-24(45-26(23)18-22)28(37(41,42)43)47-33(54)56-34(4,5)6/h11-16,18,21,25,28,48H,9-10,17,19H2,1-8H3,(H,44,50)(H,46,53)(H,47,54)/b16-15+/t21-,25-,28-/m0/s1. The van der Waals surface area contributed by atoms with Gasteiger partial charge in [-0.05, 0) is 91.5 Å². The molecule has 0 aliphatic carbocycles. The number of hydrogen-bond acceptors (Lipinski definition) is 9. The predicted molar refractivity (Wildman–Crippen MR) is 206 cm³/mol. The second kappa shape index (κ2) is 18.4. The number of rotatable bonds is 11. The summed E-state index contributed by atoms with van der Waals surface area (Å²) in [5.74, 6) is -2.57. The predicted octanol–water partition coefficient (Wildman–Crippen LogP) is 6.73. The number of nitrogens with zero attached hydrogens (tertiary/aromatic N) is 2. The molecule has 19 heteroatoms. The Hall–Kier alpha value is -4.12. The summed E-state index contributed by atoms with van der Waals surface area (Å²) >= 11 is 16.9. The fourth-order valence-corrected chi connectivity index (χ4v) is 5.32. The van der Waals surface area contributed by atoms with E-state index in [1.165, 1.54) is 50.9 Å². The molecule has 2 heterocycles. The average molecular weight is 850 g/mol. The van der Waals surface area contributed by atoms with Crippen LogP contribution in [0.15, 0.2) is 47.7 Å². The van der Waals surface area contributed by atoms with E-state index >= 15 is 0 Å². The molecule has 0 radical (unpaired) electrons. The smallest absolute Gasteiger partial charge is 0.414 e. The summed E-state index contributed by atoms with van der Waals surface area (Å²) < 4.78 is 50.3. The highest BCUT2D eigenvalue weighted by atomic mass is 35.6. The van der Waals surface area contributed by atoms with Crippen molar-refractivity contribution in [2.75, 3.05) is 13.2 Å². The third kappa shape index (κ3) is 13.8. The van der Waals surface area contributed by atoms with Crippen molar-refractivity contribution in [2.24, 2.45) is 5.41 Å². The monoisotopic (exact) mass is 848 g/mol. The number of amides is 4. The number of benzene rings is 1. The van der Waals surface area contributed by atoms with Gasteiger partial charge in [0.1, 0.15) is 30.0 Å². The minimum atomic E-state index is -4.87. The Kier molecular flexibility index (Phi) is 15.2. The van der Waals surface area contributed by atoms with Gasteiger partial charge in [0, 0.05) is 11.9 Å². The summed E-state index contributed by atoms with van der Waals surface area (Å²) in [6.45, 7) is 12.2. The van der Waals surface area contributed by atoms with Gasteiger partial charge < -0.3 is 25.4 Å². The number of aromatic nitrogens is 1. The Bertz CT molecular complexity index is 1870. The van der Waals surface area contributed by atoms with Crippen molar-refractivity contribution in [1.82, 2.24) is 31.4 Å². The number of allylic oxidation sites excluding steroid dienone is 1. The average Bonchev–Trinajstić information content (AvgIpc) is 3.08. The van der Waals surface area contributed by atoms with E-state index in [1.54, 1.807) is 52.0 Å². The lowest BCUT2D eigenvalue weighted by Gasteiger charge is -2.34. The van der Waals surface area contributed by atoms with Gasteiger partial charge >= 0.3 is 18.2 Å². The van der Waals surface area contributed by atoms with Gasteiger partial charge in [-0.2, -0.15) is 13.2 Å². The summed E-state index contributed by atoms with van der Waals surface area (Å²) in [6, 6.07) is 3.09. The van der Waals surface area contributed by atoms with Crippen LogP contribution < -0.4 is 21.4 Å². The highest BCUT2D eigenvalue weighted by Gasteiger charge is 2.44. The van der Waals surface area contributed by atoms with Crippen molar-refractivity contribution < 1.29 is 46.6 Å². The Labute approximate surface area is 338 Å². The van der Waals surface area contributed by atoms with Gasteiger partial charge in [0.05, 0.1) is 16.6 Å². The number of fused-ring (bicyclic) bond motifs is 1. The minimum absolute atomic E-state index is 0.0856. The number of carbonyl (C=O) groups excluding carboxylic acids is 5. The van der Waals surface area contributed by atoms with E-state index in [9.17, 15) is 37.1 Å². The van der Waals surface area contributed by atoms with E-state index in [2.05, 4.69) is 21.0 Å². The minimum Gasteiger partial charge on any atom is -0.460 e. The molecule has 3 atom stereocenters. The van der Waals surface area contributed by atoms with Crippen LogP contribution in [0.3, 0.4) is 0 Å². The van der Waals surface area contributed by atoms with E-state index in [-0.39, 0.29) is 17.8 Å². The van der Waals surface area contributed by atoms with E-state index in [0.29, 0.717) is 29.4 Å². The molecule has 4 amide bonds. The number of pyridine rings is 1. The number of ether oxygens (including phenoxy) is 2. The van der Waals surface area contributed by atoms with Gasteiger partial charge in [0.25, 0.3) is 11.8 Å². The molecule has 0 unspecified atom stereocenters. The van der Waals surface area contributed by atoms with Crippen LogP contribution in [-0.4, -0.2) is 80.6 Å². The van der Waals surface area contributed by atoms with Crippen molar-refractivity contribution >= 4 is 81.6 Å². The topological polar surface area (TPSA) is 168 Å². The zero-order valence-corrected chi connectivity index (χ0v) is 34.4. The maximum Gasteiger partial charge on any atom is 0.414 e. The van der Waals surface area contributed by atoms with Crippen LogP contribution in [0.4, 0.5) is 18.0 Å². The molecule has 1 fully saturated rings. The molecule has 56 heavy (non-hydrogen) atoms. The molecule has 1 aliphatic heterocycles. The zero-order chi connectivity index (χ0) is 42.4. The number of nitrogens with one attached hydrogen (secondary N) is 4. The Balaban J connectivity index is 1.70. The van der Waals surface area contributed by atoms with E-state index in [0.717, 1.165) is 0 Å². The van der Waals surface area contributed by atoms with Crippen LogP contribution in [0, 0.1) is 5.41 Å². The lowest BCUT2D eigenvalue weighted by molar-refractivity contribution is -0.157. The molecule has 1 aliphatic rings. The quantitative estimate of drug-likeness (QED) is 0.109. The van der Waals surface area contributed by atoms with Crippen molar-refractivity contribution in [3.63, 3.8) is 0 Å². The molecule has 2 aromatic rings. The lowest BCUT2D eigenvalue weighted by atomic mass is 9.90. The molecule has 13 nitrogen and oxygen atoms in total. The van der Waals surface area contributed by atoms with Gasteiger partial charge in [0.2, 0.25) is 9.70 Å². The lowest BCUT2D eigenvalue weighted by Crippen LogP contribution is -2.59. The normalized spacial score (nSPS) is 16.5. The SMILES string of the molecule is CC(C)=C(NC(=O)C(C)(C)/C=C/c1ccc2ccc([C@H](NC(=O)OC(C)(C)C)C(F)(F)F)nc2c1)C(=O)N[C@@H](C)C(=O)N1CCC[C@@H](C(=O)OCC(Cl)(Cl)Cl)N1. The number of alkyl halides is 6. The molecule has 0 bridgehead atoms. The number of esters is 1. The van der Waals surface area contributed by atoms with E-state index in [4.69, 9.17) is 44.3 Å². The van der Waals surface area contributed by atoms with Crippen molar-refractivity contribution in [1.29, 1.82) is 0 Å². The van der Waals surface area contributed by atoms with Crippen molar-refractivity contribution in [2.45, 2.75) is 102 Å². The number of carbonyl (C=O) groups is 5. The van der Waals surface area contributed by atoms with Crippen LogP contribution in [-0.2, 0) is 28.7 Å². The van der Waals surface area contributed by atoms with Crippen LogP contribution in [0.5, 0.6) is 0 Å². The number of hydrazine groups is 1. The summed E-state index contributed by atoms with van der Waals surface area (Å²) in [6.07, 6.45) is -2.17. The molecule has 0 spiro atoms. The molecular formula is C37H46Cl3F3N6O7. The van der Waals surface area contributed by atoms with Crippen molar-refractivity contribution in [3.05, 3.63) is 58.9 Å². The summed E-state index contributed by atoms with van der Waals surface area (Å²) in [4.78, 5) is 68.9. The van der Waals surface area contributed by atoms with Gasteiger partial charge in [-0.15, -0.1) is 0 Å². The Morgan fingerprint density at radius 1 is 1.02 bits per heavy atom. The first-order valence-corrected chi connectivity index (χ1v) is 18.6. The maximum absolute atomic E-state index is 14.0. The number of alkyl carbamates (subject to hydrolysis) is 1. The van der Waals surface area contributed by atoms with Gasteiger partial charge in [-0.25, -0.2) is 10.2 Å². The summed E-state index contributed by atoms with van der Waals surface area (Å²) in [5.41, 5.74) is 1.16. The fourth-order valence-electron chi connectivity index (χ4n) is 5.16. The Morgan fingerprint density at radius 3 is 2.25 bits per heavy atom. The molecule has 0 saturated carbocycles. The van der Waals surface area contributed by atoms with Crippen LogP contribution in [0.1, 0.15) is 85.5 Å². The largest absolute Gasteiger partial charge is 0.460 e. The zero-order valence-electron chi connectivity index (χ0n) is 32.1. The number of hydrogen-bond donors (Lipinski definition) is 4. The van der Waals surface area contributed by atoms with Crippen molar-refractivity contribution in [3.8, 4) is 0 Å². The molecule has 4 N–H and O–H groups in total. The first-order valence-electron chi connectivity index (χ1n) is 17.4. The summed E-state index contributed by atoms with van der Waals surface area (Å²) in [5, 5.41) is 8.81. The second-order valence-electron chi connectivity index (χ2n) is 14.9. The highest BCUT2D eigenvalue weighted by Crippen LogP contribution is 2.33. The van der Waals surface area contributed by atoms with Gasteiger partial charge in [0.15, 0.2) is 6.04 Å². The van der Waals surface area contributed by atoms with Gasteiger partial charge in [-0.1, -0.05) is 65.2 Å². The summed E-state index contributed by atoms with van der Waals surface area (Å²) in [7, 11) is 0. The highest BCUT2D eigenvalue weighted by molar-refractivity contribution is 6.67. The van der Waals surface area contributed by atoms with Gasteiger partial charge in [-0.3, -0.25) is 29.2 Å². The first-order chi connectivity index (χ1) is 25.7. The van der Waals surface area contributed by atoms with Crippen LogP contribution in [0.2, 0.25) is 0 Å². The molecular weight excluding hydrogens is 804 g/mol. The fraction of sp³-hybridized carbons (Fsp3) is 0.514. The number of halogens is 6. The molecule has 1 aromatic heterocycles. The molecule has 3 rings (SSSR count). The van der Waals surface area contributed by atoms with E-state index in [1.807, 2.05) is 5.32 Å². The molecule has 308 valence electrons. The first kappa shape index (κ1) is 46.3. The van der Waals surface area contributed by atoms with Crippen LogP contribution in [0.25, 0.3) is 17.0 Å². The second-order valence-corrected chi connectivity index (χ2v) is 17.4. The molecule has 1 saturated heterocycles. The third-order valence-corrected chi connectivity index (χ3v) is 8.43. The molecule has 1 aromatic carbocycles.